The molecule has 1 saturated carbocycles. The Morgan fingerprint density at radius 1 is 0.776 bits per heavy atom. The van der Waals surface area contributed by atoms with E-state index in [0.29, 0.717) is 48.1 Å². The number of rotatable bonds is 7. The quantitative estimate of drug-likeness (QED) is 0.159. The number of anilines is 1. The van der Waals surface area contributed by atoms with Gasteiger partial charge in [-0.2, -0.15) is 0 Å². The van der Waals surface area contributed by atoms with Gasteiger partial charge in [0.25, 0.3) is 0 Å². The molecule has 0 aromatic heterocycles. The van der Waals surface area contributed by atoms with E-state index in [1.54, 1.807) is 35.2 Å². The van der Waals surface area contributed by atoms with Crippen LogP contribution in [-0.4, -0.2) is 73.2 Å². The average Bonchev–Trinajstić information content (AvgIpc) is 3.11. The second kappa shape index (κ2) is 12.6. The van der Waals surface area contributed by atoms with E-state index in [2.05, 4.69) is 0 Å². The third-order valence-electron chi connectivity index (χ3n) is 10.3. The highest BCUT2D eigenvalue weighted by atomic mass is 16.7. The van der Waals surface area contributed by atoms with Crippen LogP contribution in [0, 0.1) is 5.41 Å². The number of aliphatic hydroxyl groups is 4. The van der Waals surface area contributed by atoms with Crippen LogP contribution in [0.5, 0.6) is 11.5 Å². The molecule has 11 nitrogen and oxygen atoms in total. The molecule has 2 unspecified atom stereocenters. The highest BCUT2D eigenvalue weighted by molar-refractivity contribution is 6.06. The molecule has 254 valence electrons. The van der Waals surface area contributed by atoms with Crippen molar-refractivity contribution >= 4 is 17.6 Å². The highest BCUT2D eigenvalue weighted by Crippen LogP contribution is 2.62. The number of carbonyl (C=O) groups is 2. The van der Waals surface area contributed by atoms with Crippen molar-refractivity contribution in [2.24, 2.45) is 5.41 Å². The summed E-state index contributed by atoms with van der Waals surface area (Å²) in [4.78, 5) is 27.9. The molecule has 11 heteroatoms. The number of ether oxygens (including phenoxy) is 2. The molecule has 2 saturated heterocycles. The van der Waals surface area contributed by atoms with E-state index in [9.17, 15) is 40.2 Å². The molecular formula is C38H37NO10. The van der Waals surface area contributed by atoms with Gasteiger partial charge in [0.1, 0.15) is 29.8 Å². The van der Waals surface area contributed by atoms with E-state index in [1.807, 2.05) is 66.7 Å². The Labute approximate surface area is 282 Å². The van der Waals surface area contributed by atoms with Crippen molar-refractivity contribution < 1.29 is 49.7 Å². The van der Waals surface area contributed by atoms with Crippen LogP contribution in [-0.2, 0) is 19.9 Å². The van der Waals surface area contributed by atoms with E-state index in [4.69, 9.17) is 9.47 Å². The van der Waals surface area contributed by atoms with Gasteiger partial charge < -0.3 is 45.0 Å². The number of hydrogen-bond donors (Lipinski definition) is 6. The lowest BCUT2D eigenvalue weighted by atomic mass is 9.56. The summed E-state index contributed by atoms with van der Waals surface area (Å²) < 4.78 is 11.8. The fourth-order valence-corrected chi connectivity index (χ4v) is 7.58. The summed E-state index contributed by atoms with van der Waals surface area (Å²) in [5.74, 6) is -1.49. The highest BCUT2D eigenvalue weighted by Gasteiger charge is 2.64. The monoisotopic (exact) mass is 667 g/mol. The lowest BCUT2D eigenvalue weighted by molar-refractivity contribution is -0.271. The number of amides is 1. The van der Waals surface area contributed by atoms with Crippen molar-refractivity contribution in [2.45, 2.75) is 68.0 Å². The standard InChI is InChI=1S/C38H37NO10/c40-26-13-7-8-22(20-26)23-14-15-27(28(21-23)48-35-31(43)29(41)30(42)32(49-35)34(44)45)33-37(36(46)39(33)25-11-5-2-6-12-25)16-18-38(47,19-17-37)24-9-3-1-4-10-24/h1-15,20-21,29-33,35,40-43,47H,16-19H2,(H,44,45)/t29-,30+,31?,32?,33+,35+,37?,38?/m0/s1. The summed E-state index contributed by atoms with van der Waals surface area (Å²) >= 11 is 0. The fourth-order valence-electron chi connectivity index (χ4n) is 7.58. The van der Waals surface area contributed by atoms with Gasteiger partial charge in [0, 0.05) is 11.3 Å². The Bertz CT molecular complexity index is 1840. The lowest BCUT2D eigenvalue weighted by Crippen LogP contribution is -2.65. The molecule has 4 aromatic carbocycles. The zero-order valence-electron chi connectivity index (χ0n) is 26.4. The number of benzene rings is 4. The van der Waals surface area contributed by atoms with Crippen molar-refractivity contribution in [1.82, 2.24) is 0 Å². The van der Waals surface area contributed by atoms with Crippen molar-refractivity contribution in [3.63, 3.8) is 0 Å². The smallest absolute Gasteiger partial charge is 0.335 e. The maximum Gasteiger partial charge on any atom is 0.335 e. The number of carboxylic acid groups (broad SMARTS) is 1. The summed E-state index contributed by atoms with van der Waals surface area (Å²) in [6.45, 7) is 0. The molecule has 49 heavy (non-hydrogen) atoms. The molecule has 0 bridgehead atoms. The molecule has 7 rings (SSSR count). The Morgan fingerprint density at radius 3 is 2.08 bits per heavy atom. The van der Waals surface area contributed by atoms with E-state index in [1.165, 1.54) is 6.07 Å². The molecule has 1 amide bonds. The van der Waals surface area contributed by atoms with E-state index < -0.39 is 53.7 Å². The third-order valence-corrected chi connectivity index (χ3v) is 10.3. The van der Waals surface area contributed by atoms with Crippen molar-refractivity contribution in [3.8, 4) is 22.6 Å². The number of phenols is 1. The van der Waals surface area contributed by atoms with Gasteiger partial charge in [-0.3, -0.25) is 4.79 Å². The SMILES string of the molecule is O=C(O)C1O[C@@H](Oc2cc(-c3cccc(O)c3)ccc2[C@H]2N(c3ccccc3)C(=O)C23CCC(O)(c2ccccc2)CC3)C(O)[C@@H](O)[C@H]1O. The maximum atomic E-state index is 14.3. The number of carbonyl (C=O) groups excluding carboxylic acids is 1. The van der Waals surface area contributed by atoms with Crippen LogP contribution < -0.4 is 9.64 Å². The van der Waals surface area contributed by atoms with Crippen LogP contribution in [0.4, 0.5) is 5.69 Å². The Hall–Kier alpha value is -4.78. The van der Waals surface area contributed by atoms with Crippen LogP contribution in [0.15, 0.2) is 103 Å². The summed E-state index contributed by atoms with van der Waals surface area (Å²) in [6.07, 6.45) is -7.83. The number of aromatic hydroxyl groups is 1. The van der Waals surface area contributed by atoms with Crippen LogP contribution in [0.1, 0.15) is 42.9 Å². The Morgan fingerprint density at radius 2 is 1.43 bits per heavy atom. The average molecular weight is 668 g/mol. The molecule has 3 fully saturated rings. The number of β-lactam (4-membered cyclic amide) rings is 1. The molecule has 1 aliphatic carbocycles. The van der Waals surface area contributed by atoms with Crippen molar-refractivity contribution in [2.75, 3.05) is 4.90 Å². The first-order valence-corrected chi connectivity index (χ1v) is 16.2. The van der Waals surface area contributed by atoms with E-state index in [0.717, 1.165) is 5.56 Å². The van der Waals surface area contributed by atoms with E-state index >= 15 is 0 Å². The van der Waals surface area contributed by atoms with Crippen LogP contribution in [0.2, 0.25) is 0 Å². The molecule has 2 aliphatic heterocycles. The van der Waals surface area contributed by atoms with Crippen molar-refractivity contribution in [3.05, 3.63) is 114 Å². The van der Waals surface area contributed by atoms with Gasteiger partial charge in [-0.1, -0.05) is 72.8 Å². The number of phenolic OH excluding ortho intramolecular Hbond substituents is 1. The van der Waals surface area contributed by atoms with Crippen molar-refractivity contribution in [1.29, 1.82) is 0 Å². The van der Waals surface area contributed by atoms with E-state index in [-0.39, 0.29) is 17.4 Å². The zero-order valence-corrected chi connectivity index (χ0v) is 26.4. The summed E-state index contributed by atoms with van der Waals surface area (Å²) in [7, 11) is 0. The topological polar surface area (TPSA) is 177 Å². The second-order valence-corrected chi connectivity index (χ2v) is 13.1. The van der Waals surface area contributed by atoms with Crippen LogP contribution >= 0.6 is 0 Å². The molecule has 2 heterocycles. The van der Waals surface area contributed by atoms with Gasteiger partial charge in [-0.15, -0.1) is 0 Å². The number of hydrogen-bond acceptors (Lipinski definition) is 9. The zero-order chi connectivity index (χ0) is 34.5. The predicted octanol–water partition coefficient (Wildman–Crippen LogP) is 3.87. The third kappa shape index (κ3) is 5.63. The summed E-state index contributed by atoms with van der Waals surface area (Å²) in [5.41, 5.74) is 1.13. The number of nitrogens with zero attached hydrogens (tertiary/aromatic N) is 1. The number of aliphatic carboxylic acids is 1. The maximum absolute atomic E-state index is 14.3. The minimum absolute atomic E-state index is 0.0309. The molecular weight excluding hydrogens is 630 g/mol. The second-order valence-electron chi connectivity index (χ2n) is 13.1. The number of para-hydroxylation sites is 1. The molecule has 4 aromatic rings. The molecule has 0 radical (unpaired) electrons. The van der Waals surface area contributed by atoms with Gasteiger partial charge >= 0.3 is 5.97 Å². The predicted molar refractivity (Wildman–Crippen MR) is 176 cm³/mol. The fraction of sp³-hybridized carbons (Fsp3) is 0.316. The van der Waals surface area contributed by atoms with Gasteiger partial charge in [-0.05, 0) is 72.7 Å². The first-order valence-electron chi connectivity index (χ1n) is 16.2. The van der Waals surface area contributed by atoms with Crippen LogP contribution in [0.3, 0.4) is 0 Å². The molecule has 6 N–H and O–H groups in total. The van der Waals surface area contributed by atoms with Gasteiger partial charge in [0.15, 0.2) is 6.10 Å². The Kier molecular flexibility index (Phi) is 8.42. The van der Waals surface area contributed by atoms with Gasteiger partial charge in [0.05, 0.1) is 17.1 Å². The number of carboxylic acids is 1. The minimum atomic E-state index is -1.91. The molecule has 6 atom stereocenters. The van der Waals surface area contributed by atoms with Crippen LogP contribution in [0.25, 0.3) is 11.1 Å². The normalized spacial score (nSPS) is 31.3. The van der Waals surface area contributed by atoms with Gasteiger partial charge in [-0.25, -0.2) is 4.79 Å². The first kappa shape index (κ1) is 32.8. The number of aliphatic hydroxyl groups excluding tert-OH is 3. The van der Waals surface area contributed by atoms with Gasteiger partial charge in [0.2, 0.25) is 12.2 Å². The summed E-state index contributed by atoms with van der Waals surface area (Å²) in [5, 5.41) is 63.3. The first-order chi connectivity index (χ1) is 23.5. The molecule has 1 spiro atoms. The minimum Gasteiger partial charge on any atom is -0.508 e. The largest absolute Gasteiger partial charge is 0.508 e. The lowest BCUT2D eigenvalue weighted by Gasteiger charge is -2.59. The molecule has 3 aliphatic rings. The Balaban J connectivity index is 1.33. The summed E-state index contributed by atoms with van der Waals surface area (Å²) in [6, 6.07) is 29.7.